The van der Waals surface area contributed by atoms with Gasteiger partial charge < -0.3 is 19.7 Å². The predicted molar refractivity (Wildman–Crippen MR) is 138 cm³/mol. The van der Waals surface area contributed by atoms with E-state index in [9.17, 15) is 9.59 Å². The first-order valence-corrected chi connectivity index (χ1v) is 13.3. The molecule has 1 saturated carbocycles. The van der Waals surface area contributed by atoms with Gasteiger partial charge in [0, 0.05) is 31.5 Å². The zero-order chi connectivity index (χ0) is 25.1. The van der Waals surface area contributed by atoms with Crippen molar-refractivity contribution in [3.8, 4) is 5.75 Å². The number of nitrogens with zero attached hydrogens (tertiary/aromatic N) is 2. The molecule has 188 valence electrons. The maximum Gasteiger partial charge on any atom is 0.270 e. The van der Waals surface area contributed by atoms with Crippen LogP contribution in [-0.2, 0) is 22.6 Å². The number of hydrogen-bond acceptors (Lipinski definition) is 6. The van der Waals surface area contributed by atoms with Gasteiger partial charge in [-0.1, -0.05) is 35.9 Å². The van der Waals surface area contributed by atoms with E-state index in [0.29, 0.717) is 18.8 Å². The lowest BCUT2D eigenvalue weighted by Crippen LogP contribution is -2.41. The third-order valence-electron chi connectivity index (χ3n) is 6.69. The average Bonchev–Trinajstić information content (AvgIpc) is 3.64. The Morgan fingerprint density at radius 3 is 2.72 bits per heavy atom. The Hall–Kier alpha value is -3.23. The van der Waals surface area contributed by atoms with Crippen LogP contribution in [0.4, 0.5) is 0 Å². The Morgan fingerprint density at radius 2 is 1.97 bits per heavy atom. The van der Waals surface area contributed by atoms with Crippen LogP contribution >= 0.6 is 11.3 Å². The normalized spacial score (nSPS) is 16.9. The van der Waals surface area contributed by atoms with Gasteiger partial charge in [-0.2, -0.15) is 0 Å². The van der Waals surface area contributed by atoms with Crippen molar-refractivity contribution in [1.29, 1.82) is 0 Å². The van der Waals surface area contributed by atoms with Gasteiger partial charge in [-0.25, -0.2) is 4.98 Å². The highest BCUT2D eigenvalue weighted by molar-refractivity contribution is 7.09. The number of methoxy groups -OCH3 is 1. The Morgan fingerprint density at radius 1 is 1.17 bits per heavy atom. The molecule has 0 radical (unpaired) electrons. The lowest BCUT2D eigenvalue weighted by molar-refractivity contribution is -0.134. The number of aromatic nitrogens is 1. The Balaban J connectivity index is 1.34. The second-order valence-electron chi connectivity index (χ2n) is 9.39. The van der Waals surface area contributed by atoms with Crippen molar-refractivity contribution in [2.45, 2.75) is 38.8 Å². The van der Waals surface area contributed by atoms with E-state index in [0.717, 1.165) is 47.7 Å². The second kappa shape index (κ2) is 10.8. The van der Waals surface area contributed by atoms with Gasteiger partial charge in [-0.3, -0.25) is 9.59 Å². The Bertz CT molecular complexity index is 1240. The van der Waals surface area contributed by atoms with Crippen molar-refractivity contribution < 1.29 is 19.1 Å². The number of amides is 2. The largest absolute Gasteiger partial charge is 0.486 e. The van der Waals surface area contributed by atoms with Crippen molar-refractivity contribution in [2.24, 2.45) is 5.92 Å². The maximum absolute atomic E-state index is 13.2. The quantitative estimate of drug-likeness (QED) is 0.439. The molecule has 5 rings (SSSR count). The number of carbonyl (C=O) groups excluding carboxylic acids is 2. The van der Waals surface area contributed by atoms with Crippen LogP contribution in [-0.4, -0.2) is 48.5 Å². The number of aryl methyl sites for hydroxylation is 1. The summed E-state index contributed by atoms with van der Waals surface area (Å²) in [6, 6.07) is 14.5. The summed E-state index contributed by atoms with van der Waals surface area (Å²) in [5, 5.41) is 5.24. The fraction of sp³-hybridized carbons (Fsp3) is 0.393. The van der Waals surface area contributed by atoms with E-state index in [1.807, 2.05) is 6.07 Å². The number of benzene rings is 2. The first-order chi connectivity index (χ1) is 17.5. The zero-order valence-electron chi connectivity index (χ0n) is 20.7. The molecule has 2 aromatic carbocycles. The Labute approximate surface area is 215 Å². The van der Waals surface area contributed by atoms with E-state index in [1.165, 1.54) is 22.5 Å². The highest BCUT2D eigenvalue weighted by Crippen LogP contribution is 2.41. The number of thiazole rings is 1. The van der Waals surface area contributed by atoms with E-state index in [-0.39, 0.29) is 30.4 Å². The lowest BCUT2D eigenvalue weighted by Gasteiger charge is -2.38. The highest BCUT2D eigenvalue weighted by atomic mass is 32.1. The number of hydrogen-bond donors (Lipinski definition) is 1. The number of ether oxygens (including phenoxy) is 2. The fourth-order valence-corrected chi connectivity index (χ4v) is 5.26. The van der Waals surface area contributed by atoms with Crippen LogP contribution in [0.1, 0.15) is 56.6 Å². The summed E-state index contributed by atoms with van der Waals surface area (Å²) in [6.07, 6.45) is 2.82. The van der Waals surface area contributed by atoms with E-state index >= 15 is 0 Å². The summed E-state index contributed by atoms with van der Waals surface area (Å²) in [7, 11) is 1.59. The van der Waals surface area contributed by atoms with Crippen LogP contribution < -0.4 is 10.1 Å². The van der Waals surface area contributed by atoms with Crippen molar-refractivity contribution in [3.05, 3.63) is 80.8 Å². The van der Waals surface area contributed by atoms with E-state index in [4.69, 9.17) is 9.47 Å². The first kappa shape index (κ1) is 24.5. The molecule has 2 amide bonds. The molecule has 36 heavy (non-hydrogen) atoms. The molecule has 0 spiro atoms. The topological polar surface area (TPSA) is 80.8 Å². The molecule has 1 aromatic heterocycles. The van der Waals surface area contributed by atoms with Crippen LogP contribution in [0.15, 0.2) is 47.8 Å². The standard InChI is InChI=1S/C28H31N3O4S/c1-18-3-5-20(6-4-18)26-23-15-22(10-9-19(23)11-13-31(26)28(33)21-7-8-21)35-16-25-30-24(17-36-25)27(32)29-12-14-34-2/h3-6,9-10,15,17,21,26H,7-8,11-14,16H2,1-2H3,(H,29,32). The van der Waals surface area contributed by atoms with Crippen molar-refractivity contribution in [2.75, 3.05) is 26.8 Å². The molecule has 1 aliphatic heterocycles. The maximum atomic E-state index is 13.2. The Kier molecular flexibility index (Phi) is 7.34. The lowest BCUT2D eigenvalue weighted by atomic mass is 9.87. The van der Waals surface area contributed by atoms with Crippen molar-refractivity contribution >= 4 is 23.2 Å². The minimum atomic E-state index is -0.218. The van der Waals surface area contributed by atoms with Gasteiger partial charge in [0.15, 0.2) is 0 Å². The first-order valence-electron chi connectivity index (χ1n) is 12.4. The highest BCUT2D eigenvalue weighted by Gasteiger charge is 2.39. The summed E-state index contributed by atoms with van der Waals surface area (Å²) in [5.41, 5.74) is 5.07. The van der Waals surface area contributed by atoms with Crippen LogP contribution in [0.25, 0.3) is 0 Å². The molecule has 1 unspecified atom stereocenters. The fourth-order valence-electron chi connectivity index (χ4n) is 4.58. The summed E-state index contributed by atoms with van der Waals surface area (Å²) in [4.78, 5) is 31.9. The van der Waals surface area contributed by atoms with E-state index < -0.39 is 0 Å². The second-order valence-corrected chi connectivity index (χ2v) is 10.3. The summed E-state index contributed by atoms with van der Waals surface area (Å²) in [5.74, 6) is 0.943. The van der Waals surface area contributed by atoms with Gasteiger partial charge in [0.1, 0.15) is 23.1 Å². The molecule has 2 aliphatic rings. The van der Waals surface area contributed by atoms with E-state index in [1.54, 1.807) is 12.5 Å². The monoisotopic (exact) mass is 505 g/mol. The molecule has 8 heteroatoms. The molecule has 1 atom stereocenters. The van der Waals surface area contributed by atoms with Crippen LogP contribution in [0.3, 0.4) is 0 Å². The number of fused-ring (bicyclic) bond motifs is 1. The van der Waals surface area contributed by atoms with E-state index in [2.05, 4.69) is 58.5 Å². The average molecular weight is 506 g/mol. The van der Waals surface area contributed by atoms with Gasteiger partial charge in [0.2, 0.25) is 5.91 Å². The third kappa shape index (κ3) is 5.44. The number of carbonyl (C=O) groups is 2. The molecule has 0 saturated heterocycles. The summed E-state index contributed by atoms with van der Waals surface area (Å²) < 4.78 is 11.1. The minimum Gasteiger partial charge on any atom is -0.486 e. The van der Waals surface area contributed by atoms with Crippen molar-refractivity contribution in [1.82, 2.24) is 15.2 Å². The molecule has 2 heterocycles. The smallest absolute Gasteiger partial charge is 0.270 e. The van der Waals surface area contributed by atoms with Gasteiger partial charge in [-0.15, -0.1) is 11.3 Å². The van der Waals surface area contributed by atoms with Gasteiger partial charge in [-0.05, 0) is 55.0 Å². The molecule has 7 nitrogen and oxygen atoms in total. The van der Waals surface area contributed by atoms with Gasteiger partial charge in [0.25, 0.3) is 5.91 Å². The summed E-state index contributed by atoms with van der Waals surface area (Å²) in [6.45, 7) is 3.97. The molecule has 0 bridgehead atoms. The number of nitrogens with one attached hydrogen (secondary N) is 1. The van der Waals surface area contributed by atoms with Gasteiger partial charge in [0.05, 0.1) is 12.6 Å². The predicted octanol–water partition coefficient (Wildman–Crippen LogP) is 4.29. The molecule has 1 N–H and O–H groups in total. The van der Waals surface area contributed by atoms with Crippen LogP contribution in [0.2, 0.25) is 0 Å². The minimum absolute atomic E-state index is 0.117. The van der Waals surface area contributed by atoms with Gasteiger partial charge >= 0.3 is 0 Å². The molecule has 3 aromatic rings. The number of rotatable bonds is 9. The molecule has 1 aliphatic carbocycles. The van der Waals surface area contributed by atoms with Crippen LogP contribution in [0, 0.1) is 12.8 Å². The molecule has 1 fully saturated rings. The third-order valence-corrected chi connectivity index (χ3v) is 7.51. The zero-order valence-corrected chi connectivity index (χ0v) is 21.5. The molecular formula is C28H31N3O4S. The van der Waals surface area contributed by atoms with Crippen LogP contribution in [0.5, 0.6) is 5.75 Å². The summed E-state index contributed by atoms with van der Waals surface area (Å²) >= 11 is 1.40. The molecular weight excluding hydrogens is 474 g/mol. The van der Waals surface area contributed by atoms with Crippen molar-refractivity contribution in [3.63, 3.8) is 0 Å². The SMILES string of the molecule is COCCNC(=O)c1csc(COc2ccc3c(c2)C(c2ccc(C)cc2)N(C(=O)C2CC2)CC3)n1.